The normalized spacial score (nSPS) is 42.5. The molecule has 3 rings (SSSR count). The Labute approximate surface area is 69.1 Å². The number of rotatable bonds is 1. The maximum atomic E-state index is 4.13. The van der Waals surface area contributed by atoms with Gasteiger partial charge in [0.25, 0.3) is 0 Å². The van der Waals surface area contributed by atoms with Crippen molar-refractivity contribution in [3.8, 4) is 0 Å². The second-order valence-electron chi connectivity index (χ2n) is 4.15. The molecule has 1 nitrogen and oxygen atoms in total. The van der Waals surface area contributed by atoms with E-state index >= 15 is 0 Å². The molecule has 3 aliphatic rings. The number of piperidine rings is 3. The van der Waals surface area contributed by atoms with Crippen LogP contribution in [0.3, 0.4) is 0 Å². The zero-order chi connectivity index (χ0) is 7.90. The molecule has 3 aliphatic heterocycles. The number of fused-ring (bicyclic) bond motifs is 3. The molecule has 0 N–H and O–H groups in total. The van der Waals surface area contributed by atoms with Crippen LogP contribution in [0.5, 0.6) is 0 Å². The summed E-state index contributed by atoms with van der Waals surface area (Å²) >= 11 is 0. The van der Waals surface area contributed by atoms with E-state index < -0.39 is 0 Å². The van der Waals surface area contributed by atoms with Gasteiger partial charge in [-0.15, -0.1) is 0 Å². The Bertz CT molecular complexity index is 162. The van der Waals surface area contributed by atoms with Crippen LogP contribution in [0.2, 0.25) is 0 Å². The molecule has 2 bridgehead atoms. The first-order valence-corrected chi connectivity index (χ1v) is 4.61. The Morgan fingerprint density at radius 3 is 1.91 bits per heavy atom. The van der Waals surface area contributed by atoms with Gasteiger partial charge in [-0.2, -0.15) is 0 Å². The van der Waals surface area contributed by atoms with Crippen LogP contribution >= 0.6 is 0 Å². The van der Waals surface area contributed by atoms with Gasteiger partial charge in [-0.3, -0.25) is 0 Å². The Morgan fingerprint density at radius 1 is 1.18 bits per heavy atom. The van der Waals surface area contributed by atoms with Crippen molar-refractivity contribution < 1.29 is 0 Å². The molecule has 62 valence electrons. The Kier molecular flexibility index (Phi) is 1.57. The highest BCUT2D eigenvalue weighted by atomic mass is 15.1. The van der Waals surface area contributed by atoms with E-state index in [0.29, 0.717) is 5.41 Å². The number of hydrogen-bond acceptors (Lipinski definition) is 1. The molecule has 0 spiro atoms. The molecule has 0 amide bonds. The smallest absolute Gasteiger partial charge is 0.00103 e. The van der Waals surface area contributed by atoms with Gasteiger partial charge in [0.1, 0.15) is 0 Å². The van der Waals surface area contributed by atoms with Gasteiger partial charge in [-0.1, -0.05) is 12.2 Å². The number of hydrogen-bond donors (Lipinski definition) is 0. The SMILES string of the molecule is C=C(C)C12CCN(CC1)CC2. The van der Waals surface area contributed by atoms with Crippen LogP contribution in [-0.4, -0.2) is 24.5 Å². The van der Waals surface area contributed by atoms with Gasteiger partial charge in [-0.25, -0.2) is 0 Å². The van der Waals surface area contributed by atoms with Gasteiger partial charge in [0.15, 0.2) is 0 Å². The predicted octanol–water partition coefficient (Wildman–Crippen LogP) is 2.05. The fraction of sp³-hybridized carbons (Fsp3) is 0.800. The molecule has 0 unspecified atom stereocenters. The summed E-state index contributed by atoms with van der Waals surface area (Å²) in [5.74, 6) is 0. The second-order valence-corrected chi connectivity index (χ2v) is 4.15. The lowest BCUT2D eigenvalue weighted by Crippen LogP contribution is -2.48. The van der Waals surface area contributed by atoms with E-state index in [-0.39, 0.29) is 0 Å². The molecule has 0 aromatic rings. The molecular weight excluding hydrogens is 134 g/mol. The molecule has 0 aromatic heterocycles. The summed E-state index contributed by atoms with van der Waals surface area (Å²) < 4.78 is 0. The van der Waals surface area contributed by atoms with E-state index in [2.05, 4.69) is 18.4 Å². The van der Waals surface area contributed by atoms with Crippen LogP contribution in [-0.2, 0) is 0 Å². The van der Waals surface area contributed by atoms with Crippen molar-refractivity contribution in [3.63, 3.8) is 0 Å². The molecule has 3 heterocycles. The van der Waals surface area contributed by atoms with Gasteiger partial charge in [-0.05, 0) is 51.2 Å². The van der Waals surface area contributed by atoms with Gasteiger partial charge in [0.05, 0.1) is 0 Å². The third kappa shape index (κ3) is 1.02. The van der Waals surface area contributed by atoms with Gasteiger partial charge in [0.2, 0.25) is 0 Å². The summed E-state index contributed by atoms with van der Waals surface area (Å²) in [6.07, 6.45) is 4.09. The largest absolute Gasteiger partial charge is 0.303 e. The van der Waals surface area contributed by atoms with Crippen LogP contribution in [0.15, 0.2) is 12.2 Å². The summed E-state index contributed by atoms with van der Waals surface area (Å²) in [6.45, 7) is 10.3. The first-order chi connectivity index (χ1) is 5.23. The molecule has 0 radical (unpaired) electrons. The minimum Gasteiger partial charge on any atom is -0.303 e. The molecular formula is C10H17N. The summed E-state index contributed by atoms with van der Waals surface area (Å²) in [6, 6.07) is 0. The highest BCUT2D eigenvalue weighted by Crippen LogP contribution is 2.44. The van der Waals surface area contributed by atoms with E-state index in [4.69, 9.17) is 0 Å². The van der Waals surface area contributed by atoms with E-state index in [9.17, 15) is 0 Å². The molecule has 3 fully saturated rings. The summed E-state index contributed by atoms with van der Waals surface area (Å²) in [5, 5.41) is 0. The maximum absolute atomic E-state index is 4.13. The lowest BCUT2D eigenvalue weighted by Gasteiger charge is -2.49. The lowest BCUT2D eigenvalue weighted by atomic mass is 9.68. The monoisotopic (exact) mass is 151 g/mol. The minimum absolute atomic E-state index is 0.550. The van der Waals surface area contributed by atoms with E-state index in [0.717, 1.165) is 0 Å². The first kappa shape index (κ1) is 7.35. The van der Waals surface area contributed by atoms with Crippen molar-refractivity contribution in [3.05, 3.63) is 12.2 Å². The van der Waals surface area contributed by atoms with E-state index in [1.54, 1.807) is 0 Å². The zero-order valence-electron chi connectivity index (χ0n) is 7.40. The predicted molar refractivity (Wildman–Crippen MR) is 47.5 cm³/mol. The molecule has 0 saturated carbocycles. The van der Waals surface area contributed by atoms with Crippen molar-refractivity contribution in [2.24, 2.45) is 5.41 Å². The quantitative estimate of drug-likeness (QED) is 0.518. The highest BCUT2D eigenvalue weighted by molar-refractivity contribution is 5.12. The van der Waals surface area contributed by atoms with Crippen molar-refractivity contribution in [1.82, 2.24) is 4.90 Å². The van der Waals surface area contributed by atoms with Crippen LogP contribution in [0.4, 0.5) is 0 Å². The second kappa shape index (κ2) is 2.34. The number of allylic oxidation sites excluding steroid dienone is 1. The molecule has 0 aromatic carbocycles. The molecule has 0 atom stereocenters. The standard InChI is InChI=1S/C10H17N/c1-9(2)10-3-6-11(7-4-10)8-5-10/h1,3-8H2,2H3. The van der Waals surface area contributed by atoms with E-state index in [1.165, 1.54) is 44.5 Å². The first-order valence-electron chi connectivity index (χ1n) is 4.61. The fourth-order valence-electron chi connectivity index (χ4n) is 2.47. The highest BCUT2D eigenvalue weighted by Gasteiger charge is 2.39. The summed E-state index contributed by atoms with van der Waals surface area (Å²) in [4.78, 5) is 2.57. The van der Waals surface area contributed by atoms with Crippen molar-refractivity contribution in [2.75, 3.05) is 19.6 Å². The topological polar surface area (TPSA) is 3.24 Å². The molecule has 3 saturated heterocycles. The zero-order valence-corrected chi connectivity index (χ0v) is 7.40. The Hall–Kier alpha value is -0.300. The van der Waals surface area contributed by atoms with Crippen LogP contribution < -0.4 is 0 Å². The maximum Gasteiger partial charge on any atom is -0.00103 e. The number of nitrogens with zero attached hydrogens (tertiary/aromatic N) is 1. The molecule has 0 aliphatic carbocycles. The third-order valence-electron chi connectivity index (χ3n) is 3.63. The average molecular weight is 151 g/mol. The molecule has 11 heavy (non-hydrogen) atoms. The fourth-order valence-corrected chi connectivity index (χ4v) is 2.47. The molecule has 1 heteroatoms. The van der Waals surface area contributed by atoms with Gasteiger partial charge in [0, 0.05) is 0 Å². The van der Waals surface area contributed by atoms with Crippen molar-refractivity contribution in [1.29, 1.82) is 0 Å². The average Bonchev–Trinajstić information content (AvgIpc) is 2.08. The minimum atomic E-state index is 0.550. The van der Waals surface area contributed by atoms with Crippen LogP contribution in [0.1, 0.15) is 26.2 Å². The van der Waals surface area contributed by atoms with E-state index in [1.807, 2.05) is 0 Å². The van der Waals surface area contributed by atoms with Gasteiger partial charge >= 0.3 is 0 Å². The van der Waals surface area contributed by atoms with Crippen LogP contribution in [0, 0.1) is 5.41 Å². The Morgan fingerprint density at radius 2 is 1.64 bits per heavy atom. The third-order valence-corrected chi connectivity index (χ3v) is 3.63. The lowest BCUT2D eigenvalue weighted by molar-refractivity contribution is 0.0534. The summed E-state index contributed by atoms with van der Waals surface area (Å²) in [7, 11) is 0. The summed E-state index contributed by atoms with van der Waals surface area (Å²) in [5.41, 5.74) is 1.98. The van der Waals surface area contributed by atoms with Gasteiger partial charge < -0.3 is 4.90 Å². The Balaban J connectivity index is 2.18. The van der Waals surface area contributed by atoms with Crippen LogP contribution in [0.25, 0.3) is 0 Å². The van der Waals surface area contributed by atoms with Crippen molar-refractivity contribution >= 4 is 0 Å². The van der Waals surface area contributed by atoms with Crippen molar-refractivity contribution in [2.45, 2.75) is 26.2 Å².